The fraction of sp³-hybridized carbons (Fsp3) is 0.0877. The summed E-state index contributed by atoms with van der Waals surface area (Å²) < 4.78 is 0. The van der Waals surface area contributed by atoms with E-state index >= 15 is 0 Å². The van der Waals surface area contributed by atoms with E-state index in [4.69, 9.17) is 0 Å². The Morgan fingerprint density at radius 1 is 0.192 bits per heavy atom. The van der Waals surface area contributed by atoms with Crippen molar-refractivity contribution >= 4 is 151 Å². The maximum absolute atomic E-state index is 2.36. The first-order valence-corrected chi connectivity index (χ1v) is 53.0. The second kappa shape index (κ2) is 38.8. The van der Waals surface area contributed by atoms with E-state index in [1.54, 1.807) is 57.0 Å². The molecule has 0 saturated heterocycles. The van der Waals surface area contributed by atoms with Gasteiger partial charge in [-0.05, 0) is 158 Å². The van der Waals surface area contributed by atoms with Crippen LogP contribution in [-0.4, -0.2) is 10.9 Å². The van der Waals surface area contributed by atoms with Crippen LogP contribution in [0.2, 0.25) is 13.1 Å². The summed E-state index contributed by atoms with van der Waals surface area (Å²) in [6, 6.07) is 146. The Bertz CT molecular complexity index is 6610. The minimum atomic E-state index is -0.122. The van der Waals surface area contributed by atoms with Gasteiger partial charge in [-0.3, -0.25) is 0 Å². The van der Waals surface area contributed by atoms with Gasteiger partial charge in [0.1, 0.15) is 0 Å². The molecule has 0 aliphatic heterocycles. The van der Waals surface area contributed by atoms with Gasteiger partial charge in [-0.1, -0.05) is 268 Å². The topological polar surface area (TPSA) is 0 Å². The second-order valence-electron chi connectivity index (χ2n) is 30.8. The van der Waals surface area contributed by atoms with Crippen LogP contribution in [0.1, 0.15) is 49.9 Å². The zero-order valence-electron chi connectivity index (χ0n) is 68.7. The fourth-order valence-corrected chi connectivity index (χ4v) is 21.3. The van der Waals surface area contributed by atoms with Gasteiger partial charge < -0.3 is 24.8 Å². The molecule has 0 nitrogen and oxygen atoms in total. The van der Waals surface area contributed by atoms with E-state index in [2.05, 4.69) is 441 Å². The van der Waals surface area contributed by atoms with E-state index in [-0.39, 0.29) is 35.7 Å². The zero-order valence-corrected chi connectivity index (χ0v) is 77.1. The molecule has 0 atom stereocenters. The molecule has 0 spiro atoms. The van der Waals surface area contributed by atoms with Crippen molar-refractivity contribution < 1.29 is 71.5 Å². The van der Waals surface area contributed by atoms with Crippen molar-refractivity contribution in [2.24, 2.45) is 0 Å². The minimum Gasteiger partial charge on any atom is -1.00 e. The Labute approximate surface area is 748 Å². The van der Waals surface area contributed by atoms with Gasteiger partial charge in [-0.2, -0.15) is 24.3 Å². The first-order valence-electron chi connectivity index (χ1n) is 41.6. The predicted molar refractivity (Wildman–Crippen MR) is 513 cm³/mol. The van der Waals surface area contributed by atoms with Crippen LogP contribution in [0.15, 0.2) is 400 Å². The molecule has 0 fully saturated rings. The molecule has 0 aliphatic carbocycles. The van der Waals surface area contributed by atoms with Crippen molar-refractivity contribution in [1.29, 1.82) is 0 Å². The summed E-state index contributed by atoms with van der Waals surface area (Å²) in [4.78, 5) is 0. The molecule has 22 aromatic rings. The summed E-state index contributed by atoms with van der Waals surface area (Å²) in [6.07, 6.45) is 4.30. The van der Waals surface area contributed by atoms with Crippen LogP contribution < -0.4 is 35.2 Å². The number of aryl methyl sites for hydroxylation is 4. The van der Waals surface area contributed by atoms with Gasteiger partial charge >= 0.3 is 142 Å². The summed E-state index contributed by atoms with van der Waals surface area (Å²) in [7, 11) is 0. The summed E-state index contributed by atoms with van der Waals surface area (Å²) in [6.45, 7) is 13.6. The largest absolute Gasteiger partial charge is 1.00 e. The molecule has 580 valence electrons. The summed E-state index contributed by atoms with van der Waals surface area (Å²) in [5, 5.41) is 35.0. The molecule has 0 radical (unpaired) electrons. The van der Waals surface area contributed by atoms with Gasteiger partial charge in [0, 0.05) is 0 Å². The number of halogens is 2. The molecule has 0 amide bonds. The SMILES string of the molecule is CCc1cc2c(-c3cc4ccccc4c4ccccc34)cccc2[cH-]1.CCc1cc2c(-c3cc4ccccc4c4ccccc34)cccc2[cH-]1.CCc1cc2c(-c3cc4ccccc4c4ccccc34)cccc2[cH-]1.CCc1cc2c(-c3cc4ccccc4c4ccccc34)cccc2[cH-]1.C[Si](=[Zr+2])c1ccccc1.C[Si](=[Zr+2])c1ccccc1.[Cl-].[Cl-]. The van der Waals surface area contributed by atoms with E-state index in [1.807, 2.05) is 0 Å². The average Bonchev–Trinajstić information content (AvgIpc) is 1.42. The van der Waals surface area contributed by atoms with E-state index in [0.717, 1.165) is 25.7 Å². The van der Waals surface area contributed by atoms with Crippen molar-refractivity contribution in [2.45, 2.75) is 66.5 Å². The monoisotopic (exact) mass is 1770 g/mol. The van der Waals surface area contributed by atoms with Crippen LogP contribution in [0, 0.1) is 0 Å². The molecule has 0 saturated carbocycles. The van der Waals surface area contributed by atoms with Gasteiger partial charge in [0.2, 0.25) is 0 Å². The van der Waals surface area contributed by atoms with Crippen molar-refractivity contribution in [3.05, 3.63) is 423 Å². The molecule has 120 heavy (non-hydrogen) atoms. The molecule has 0 aliphatic rings. The Balaban J connectivity index is 0.000000116. The van der Waals surface area contributed by atoms with Crippen molar-refractivity contribution in [1.82, 2.24) is 0 Å². The van der Waals surface area contributed by atoms with Gasteiger partial charge in [-0.15, -0.1) is 138 Å². The Hall–Kier alpha value is -10.7. The van der Waals surface area contributed by atoms with Gasteiger partial charge in [0.15, 0.2) is 0 Å². The number of hydrogen-bond donors (Lipinski definition) is 0. The third kappa shape index (κ3) is 17.7. The quantitative estimate of drug-likeness (QED) is 0.0727. The normalized spacial score (nSPS) is 11.0. The minimum absolute atomic E-state index is 0. The van der Waals surface area contributed by atoms with Crippen molar-refractivity contribution in [3.8, 4) is 44.5 Å². The van der Waals surface area contributed by atoms with Crippen LogP contribution in [0.3, 0.4) is 0 Å². The van der Waals surface area contributed by atoms with Crippen molar-refractivity contribution in [3.63, 3.8) is 0 Å². The third-order valence-corrected chi connectivity index (χ3v) is 30.2. The maximum Gasteiger partial charge on any atom is -1.00 e. The molecule has 6 heteroatoms. The van der Waals surface area contributed by atoms with Crippen LogP contribution in [0.25, 0.3) is 174 Å². The number of rotatable bonds is 10. The molecular formula is C114H92Cl2Si2Zr2-2. The third-order valence-electron chi connectivity index (χ3n) is 23.5. The molecule has 0 aromatic heterocycles. The van der Waals surface area contributed by atoms with E-state index < -0.39 is 0 Å². The van der Waals surface area contributed by atoms with E-state index in [9.17, 15) is 0 Å². The number of hydrogen-bond acceptors (Lipinski definition) is 0. The summed E-state index contributed by atoms with van der Waals surface area (Å²) >= 11 is 3.38. The van der Waals surface area contributed by atoms with Crippen molar-refractivity contribution in [2.75, 3.05) is 0 Å². The van der Waals surface area contributed by atoms with Crippen LogP contribution in [-0.2, 0) is 72.4 Å². The maximum atomic E-state index is 2.36. The van der Waals surface area contributed by atoms with Crippen LogP contribution in [0.4, 0.5) is 0 Å². The first kappa shape index (κ1) is 84.3. The van der Waals surface area contributed by atoms with Crippen LogP contribution in [0.5, 0.6) is 0 Å². The molecule has 0 heterocycles. The van der Waals surface area contributed by atoms with Gasteiger partial charge in [0.25, 0.3) is 0 Å². The zero-order chi connectivity index (χ0) is 80.6. The molecule has 22 aromatic carbocycles. The molecule has 22 rings (SSSR count). The molecule has 0 unspecified atom stereocenters. The van der Waals surface area contributed by atoms with E-state index in [0.29, 0.717) is 0 Å². The Morgan fingerprint density at radius 2 is 0.383 bits per heavy atom. The summed E-state index contributed by atoms with van der Waals surface area (Å²) in [5.41, 5.74) is 16.0. The molecular weight excluding hydrogens is 1680 g/mol. The van der Waals surface area contributed by atoms with Gasteiger partial charge in [-0.25, -0.2) is 0 Å². The molecule has 0 bridgehead atoms. The Kier molecular flexibility index (Phi) is 27.2. The predicted octanol–water partition coefficient (Wildman–Crippen LogP) is 24.5. The molecule has 0 N–H and O–H groups in total. The van der Waals surface area contributed by atoms with Crippen LogP contribution >= 0.6 is 0 Å². The smallest absolute Gasteiger partial charge is 1.00 e. The Morgan fingerprint density at radius 3 is 0.583 bits per heavy atom. The summed E-state index contributed by atoms with van der Waals surface area (Å²) in [5.74, 6) is 0. The fourth-order valence-electron chi connectivity index (χ4n) is 17.4. The van der Waals surface area contributed by atoms with Gasteiger partial charge in [0.05, 0.1) is 0 Å². The number of fused-ring (bicyclic) bond motifs is 16. The average molecular weight is 1770 g/mol. The van der Waals surface area contributed by atoms with E-state index in [1.165, 1.54) is 196 Å². The second-order valence-corrected chi connectivity index (χ2v) is 45.6. The first-order chi connectivity index (χ1) is 58.0. The number of benzene rings is 18. The standard InChI is InChI=1S/4C25H19.2C7H8Si.2ClH.2Zr/c4*1-2-17-14-18-9-7-13-23(24(18)15-17)25-16-19-8-3-4-10-20(19)21-11-5-6-12-22(21)25;2*1-8-7-5-3-2-4-6-7;;;;/h4*3-16H,2H2,1H3;2*2-6H,1H3;2*1H;;/q4*-1;;;;;2*+2/p-2.